The number of esters is 1. The minimum absolute atomic E-state index is 0.126. The molecule has 144 valence electrons. The number of aromatic nitrogens is 2. The van der Waals surface area contributed by atoms with Crippen LogP contribution in [0.1, 0.15) is 51.0 Å². The van der Waals surface area contributed by atoms with Gasteiger partial charge in [-0.25, -0.2) is 19.6 Å². The zero-order valence-electron chi connectivity index (χ0n) is 15.8. The number of amides is 1. The number of methoxy groups -OCH3 is 1. The number of rotatable bonds is 3. The van der Waals surface area contributed by atoms with E-state index in [0.29, 0.717) is 31.7 Å². The highest BCUT2D eigenvalue weighted by Gasteiger charge is 2.35. The molecule has 0 saturated carbocycles. The van der Waals surface area contributed by atoms with Gasteiger partial charge in [-0.1, -0.05) is 11.6 Å². The third-order valence-corrected chi connectivity index (χ3v) is 4.25. The van der Waals surface area contributed by atoms with Gasteiger partial charge in [0, 0.05) is 18.6 Å². The van der Waals surface area contributed by atoms with Crippen LogP contribution in [0.5, 0.6) is 0 Å². The average Bonchev–Trinajstić information content (AvgIpc) is 2.52. The lowest BCUT2D eigenvalue weighted by Gasteiger charge is -2.40. The van der Waals surface area contributed by atoms with Crippen LogP contribution in [0.15, 0.2) is 6.20 Å². The van der Waals surface area contributed by atoms with Crippen LogP contribution in [-0.4, -0.2) is 53.4 Å². The maximum absolute atomic E-state index is 12.1. The van der Waals surface area contributed by atoms with Crippen LogP contribution in [0, 0.1) is 0 Å². The predicted octanol–water partition coefficient (Wildman–Crippen LogP) is 2.80. The zero-order chi connectivity index (χ0) is 19.5. The molecule has 9 heteroatoms. The summed E-state index contributed by atoms with van der Waals surface area (Å²) in [7, 11) is 1.29. The van der Waals surface area contributed by atoms with Crippen LogP contribution in [0.3, 0.4) is 0 Å². The Kier molecular flexibility index (Phi) is 5.95. The zero-order valence-corrected chi connectivity index (χ0v) is 16.5. The number of carbonyl (C=O) groups excluding carboxylic acids is 2. The number of nitrogens with one attached hydrogen (secondary N) is 1. The van der Waals surface area contributed by atoms with Crippen molar-refractivity contribution in [3.05, 3.63) is 17.0 Å². The molecular weight excluding hydrogens is 360 g/mol. The number of hydrogen-bond donors (Lipinski definition) is 1. The average molecular weight is 385 g/mol. The molecule has 8 nitrogen and oxygen atoms in total. The molecule has 2 rings (SSSR count). The first-order chi connectivity index (χ1) is 12.0. The quantitative estimate of drug-likeness (QED) is 0.800. The molecule has 1 aliphatic rings. The third-order valence-electron chi connectivity index (χ3n) is 4.07. The van der Waals surface area contributed by atoms with Crippen molar-refractivity contribution < 1.29 is 19.1 Å². The molecule has 1 aromatic heterocycles. The monoisotopic (exact) mass is 384 g/mol. The summed E-state index contributed by atoms with van der Waals surface area (Å²) < 4.78 is 10.1. The Morgan fingerprint density at radius 1 is 1.31 bits per heavy atom. The van der Waals surface area contributed by atoms with E-state index in [9.17, 15) is 9.59 Å². The second-order valence-electron chi connectivity index (χ2n) is 7.53. The SMILES string of the molecule is COC(=O)c1ncc(Cl)nc1N1CCC(C)(NC(=O)OC(C)(C)C)CC1. The number of carbonyl (C=O) groups is 2. The summed E-state index contributed by atoms with van der Waals surface area (Å²) in [6, 6.07) is 0. The summed E-state index contributed by atoms with van der Waals surface area (Å²) in [6.45, 7) is 8.59. The van der Waals surface area contributed by atoms with Crippen LogP contribution in [0.25, 0.3) is 0 Å². The maximum Gasteiger partial charge on any atom is 0.408 e. The van der Waals surface area contributed by atoms with Gasteiger partial charge in [0.1, 0.15) is 10.8 Å². The largest absolute Gasteiger partial charge is 0.464 e. The summed E-state index contributed by atoms with van der Waals surface area (Å²) in [5, 5.41) is 3.14. The highest BCUT2D eigenvalue weighted by atomic mass is 35.5. The Balaban J connectivity index is 2.07. The highest BCUT2D eigenvalue weighted by molar-refractivity contribution is 6.29. The normalized spacial score (nSPS) is 16.8. The van der Waals surface area contributed by atoms with Gasteiger partial charge in [-0.3, -0.25) is 0 Å². The molecule has 1 aliphatic heterocycles. The number of alkyl carbamates (subject to hydrolysis) is 1. The van der Waals surface area contributed by atoms with Crippen molar-refractivity contribution in [3.8, 4) is 0 Å². The molecule has 1 saturated heterocycles. The number of nitrogens with zero attached hydrogens (tertiary/aromatic N) is 3. The van der Waals surface area contributed by atoms with Gasteiger partial charge in [-0.05, 0) is 40.5 Å². The first-order valence-electron chi connectivity index (χ1n) is 8.40. The minimum Gasteiger partial charge on any atom is -0.464 e. The summed E-state index contributed by atoms with van der Waals surface area (Å²) in [4.78, 5) is 34.2. The topological polar surface area (TPSA) is 93.6 Å². The van der Waals surface area contributed by atoms with E-state index in [-0.39, 0.29) is 10.8 Å². The number of hydrogen-bond acceptors (Lipinski definition) is 7. The van der Waals surface area contributed by atoms with E-state index in [4.69, 9.17) is 21.1 Å². The van der Waals surface area contributed by atoms with Crippen LogP contribution in [-0.2, 0) is 9.47 Å². The lowest BCUT2D eigenvalue weighted by molar-refractivity contribution is 0.0448. The Bertz CT molecular complexity index is 682. The van der Waals surface area contributed by atoms with Crippen molar-refractivity contribution in [2.45, 2.75) is 51.7 Å². The van der Waals surface area contributed by atoms with Crippen molar-refractivity contribution in [2.75, 3.05) is 25.1 Å². The third kappa shape index (κ3) is 5.20. The van der Waals surface area contributed by atoms with Crippen LogP contribution in [0.2, 0.25) is 5.15 Å². The van der Waals surface area contributed by atoms with Crippen molar-refractivity contribution in [1.82, 2.24) is 15.3 Å². The van der Waals surface area contributed by atoms with E-state index in [2.05, 4.69) is 15.3 Å². The number of anilines is 1. The Hall–Kier alpha value is -2.09. The van der Waals surface area contributed by atoms with Gasteiger partial charge in [0.15, 0.2) is 11.5 Å². The fourth-order valence-corrected chi connectivity index (χ4v) is 2.84. The van der Waals surface area contributed by atoms with Crippen molar-refractivity contribution in [3.63, 3.8) is 0 Å². The fourth-order valence-electron chi connectivity index (χ4n) is 2.71. The van der Waals surface area contributed by atoms with Crippen molar-refractivity contribution in [2.24, 2.45) is 0 Å². The Labute approximate surface area is 158 Å². The Morgan fingerprint density at radius 3 is 2.46 bits per heavy atom. The molecule has 1 N–H and O–H groups in total. The van der Waals surface area contributed by atoms with Crippen molar-refractivity contribution >= 4 is 29.5 Å². The van der Waals surface area contributed by atoms with Gasteiger partial charge in [-0.15, -0.1) is 0 Å². The summed E-state index contributed by atoms with van der Waals surface area (Å²) >= 11 is 5.94. The number of halogens is 1. The molecule has 0 bridgehead atoms. The fraction of sp³-hybridized carbons (Fsp3) is 0.647. The molecule has 1 fully saturated rings. The maximum atomic E-state index is 12.1. The molecule has 0 spiro atoms. The first-order valence-corrected chi connectivity index (χ1v) is 8.78. The molecule has 1 amide bonds. The van der Waals surface area contributed by atoms with E-state index in [0.717, 1.165) is 0 Å². The van der Waals surface area contributed by atoms with Gasteiger partial charge < -0.3 is 19.7 Å². The molecule has 0 aromatic carbocycles. The molecule has 0 unspecified atom stereocenters. The highest BCUT2D eigenvalue weighted by Crippen LogP contribution is 2.28. The molecule has 1 aromatic rings. The van der Waals surface area contributed by atoms with Gasteiger partial charge in [0.2, 0.25) is 0 Å². The van der Waals surface area contributed by atoms with Crippen LogP contribution in [0.4, 0.5) is 10.6 Å². The van der Waals surface area contributed by atoms with Gasteiger partial charge >= 0.3 is 12.1 Å². The number of piperidine rings is 1. The van der Waals surface area contributed by atoms with E-state index in [1.165, 1.54) is 13.3 Å². The summed E-state index contributed by atoms with van der Waals surface area (Å²) in [5.41, 5.74) is -0.830. The van der Waals surface area contributed by atoms with Crippen LogP contribution >= 0.6 is 11.6 Å². The van der Waals surface area contributed by atoms with Gasteiger partial charge in [0.25, 0.3) is 0 Å². The number of ether oxygens (including phenoxy) is 2. The van der Waals surface area contributed by atoms with Gasteiger partial charge in [-0.2, -0.15) is 0 Å². The minimum atomic E-state index is -0.565. The standard InChI is InChI=1S/C17H25ClN4O4/c1-16(2,3)26-15(24)21-17(4)6-8-22(9-7-17)13-12(14(23)25-5)19-10-11(18)20-13/h10H,6-9H2,1-5H3,(H,21,24). The van der Waals surface area contributed by atoms with E-state index in [1.54, 1.807) is 0 Å². The lowest BCUT2D eigenvalue weighted by atomic mass is 9.89. The molecule has 0 atom stereocenters. The summed E-state index contributed by atoms with van der Waals surface area (Å²) in [5.74, 6) is -0.173. The summed E-state index contributed by atoms with van der Waals surface area (Å²) in [6.07, 6.45) is 2.18. The smallest absolute Gasteiger partial charge is 0.408 e. The van der Waals surface area contributed by atoms with E-state index in [1.807, 2.05) is 32.6 Å². The van der Waals surface area contributed by atoms with E-state index < -0.39 is 23.2 Å². The van der Waals surface area contributed by atoms with Crippen molar-refractivity contribution in [1.29, 1.82) is 0 Å². The molecular formula is C17H25ClN4O4. The molecule has 0 radical (unpaired) electrons. The predicted molar refractivity (Wildman–Crippen MR) is 97.6 cm³/mol. The Morgan fingerprint density at radius 2 is 1.92 bits per heavy atom. The van der Waals surface area contributed by atoms with Crippen LogP contribution < -0.4 is 10.2 Å². The second kappa shape index (κ2) is 7.65. The van der Waals surface area contributed by atoms with E-state index >= 15 is 0 Å². The molecule has 26 heavy (non-hydrogen) atoms. The second-order valence-corrected chi connectivity index (χ2v) is 7.92. The first kappa shape index (κ1) is 20.2. The lowest BCUT2D eigenvalue weighted by Crippen LogP contribution is -2.54. The van der Waals surface area contributed by atoms with Gasteiger partial charge in [0.05, 0.1) is 13.3 Å². The molecule has 2 heterocycles. The molecule has 0 aliphatic carbocycles.